The van der Waals surface area contributed by atoms with Gasteiger partial charge in [0.1, 0.15) is 0 Å². The van der Waals surface area contributed by atoms with Crippen molar-refractivity contribution in [3.05, 3.63) is 30.5 Å². The van der Waals surface area contributed by atoms with Gasteiger partial charge in [-0.05, 0) is 19.1 Å². The molecule has 0 saturated carbocycles. The number of hydrogen-bond donors (Lipinski definition) is 0. The zero-order valence-electron chi connectivity index (χ0n) is 9.30. The van der Waals surface area contributed by atoms with Crippen LogP contribution in [0.5, 0.6) is 0 Å². The van der Waals surface area contributed by atoms with Crippen molar-refractivity contribution in [3.8, 4) is 11.6 Å². The summed E-state index contributed by atoms with van der Waals surface area (Å²) in [5.41, 5.74) is 1.12. The molecule has 2 aromatic rings. The summed E-state index contributed by atoms with van der Waals surface area (Å²) in [7, 11) is 1.93. The second kappa shape index (κ2) is 4.57. The largest absolute Gasteiger partial charge is 0.461 e. The van der Waals surface area contributed by atoms with E-state index in [1.807, 2.05) is 30.7 Å². The van der Waals surface area contributed by atoms with Gasteiger partial charge in [-0.3, -0.25) is 0 Å². The first kappa shape index (κ1) is 11.0. The van der Waals surface area contributed by atoms with E-state index in [2.05, 4.69) is 16.8 Å². The second-order valence-electron chi connectivity index (χ2n) is 3.59. The number of rotatable bonds is 4. The molecule has 0 saturated heterocycles. The average Bonchev–Trinajstić information content (AvgIpc) is 2.84. The molecular formula is C11H13N3OS. The molecule has 0 aliphatic carbocycles. The van der Waals surface area contributed by atoms with Crippen LogP contribution in [0.4, 0.5) is 0 Å². The second-order valence-corrected chi connectivity index (χ2v) is 4.53. The molecule has 0 unspecified atom stereocenters. The fourth-order valence-electron chi connectivity index (χ4n) is 1.25. The predicted molar refractivity (Wildman–Crippen MR) is 64.2 cm³/mol. The Labute approximate surface area is 98.4 Å². The SMILES string of the molecule is C=C(C)CSc1nnc(-c2ccco2)n1C. The summed E-state index contributed by atoms with van der Waals surface area (Å²) < 4.78 is 7.21. The maximum absolute atomic E-state index is 5.29. The topological polar surface area (TPSA) is 43.9 Å². The van der Waals surface area contributed by atoms with E-state index in [0.717, 1.165) is 28.1 Å². The Morgan fingerprint density at radius 1 is 1.56 bits per heavy atom. The third-order valence-corrected chi connectivity index (χ3v) is 3.27. The smallest absolute Gasteiger partial charge is 0.200 e. The Bertz CT molecular complexity index is 487. The molecule has 0 aliphatic heterocycles. The first-order chi connectivity index (χ1) is 7.68. The van der Waals surface area contributed by atoms with Crippen LogP contribution in [-0.4, -0.2) is 20.5 Å². The third-order valence-electron chi connectivity index (χ3n) is 2.02. The van der Waals surface area contributed by atoms with Gasteiger partial charge in [0, 0.05) is 12.8 Å². The van der Waals surface area contributed by atoms with Crippen molar-refractivity contribution in [2.75, 3.05) is 5.75 Å². The van der Waals surface area contributed by atoms with E-state index in [1.165, 1.54) is 0 Å². The first-order valence-corrected chi connectivity index (χ1v) is 5.87. The minimum atomic E-state index is 0.733. The van der Waals surface area contributed by atoms with Gasteiger partial charge in [0.25, 0.3) is 0 Å². The van der Waals surface area contributed by atoms with E-state index in [9.17, 15) is 0 Å². The molecule has 0 N–H and O–H groups in total. The summed E-state index contributed by atoms with van der Waals surface area (Å²) in [6.07, 6.45) is 1.63. The van der Waals surface area contributed by atoms with Crippen LogP contribution in [0.1, 0.15) is 6.92 Å². The number of thioether (sulfide) groups is 1. The van der Waals surface area contributed by atoms with Crippen molar-refractivity contribution < 1.29 is 4.42 Å². The summed E-state index contributed by atoms with van der Waals surface area (Å²) in [4.78, 5) is 0. The highest BCUT2D eigenvalue weighted by Crippen LogP contribution is 2.23. The number of furan rings is 1. The quantitative estimate of drug-likeness (QED) is 0.603. The Balaban J connectivity index is 2.21. The van der Waals surface area contributed by atoms with Gasteiger partial charge in [-0.2, -0.15) is 0 Å². The average molecular weight is 235 g/mol. The van der Waals surface area contributed by atoms with Crippen LogP contribution in [0.25, 0.3) is 11.6 Å². The maximum Gasteiger partial charge on any atom is 0.200 e. The molecular weight excluding hydrogens is 222 g/mol. The zero-order valence-corrected chi connectivity index (χ0v) is 10.1. The molecule has 16 heavy (non-hydrogen) atoms. The van der Waals surface area contributed by atoms with Crippen molar-refractivity contribution >= 4 is 11.8 Å². The molecule has 0 bridgehead atoms. The van der Waals surface area contributed by atoms with E-state index in [4.69, 9.17) is 4.42 Å². The van der Waals surface area contributed by atoms with Gasteiger partial charge < -0.3 is 8.98 Å². The fourth-order valence-corrected chi connectivity index (χ4v) is 2.00. The Kier molecular flexibility index (Phi) is 3.14. The van der Waals surface area contributed by atoms with Gasteiger partial charge in [-0.1, -0.05) is 23.9 Å². The molecule has 5 heteroatoms. The van der Waals surface area contributed by atoms with Crippen molar-refractivity contribution in [2.24, 2.45) is 7.05 Å². The van der Waals surface area contributed by atoms with Crippen molar-refractivity contribution in [1.29, 1.82) is 0 Å². The van der Waals surface area contributed by atoms with Gasteiger partial charge in [-0.15, -0.1) is 10.2 Å². The van der Waals surface area contributed by atoms with Gasteiger partial charge in [0.05, 0.1) is 6.26 Å². The van der Waals surface area contributed by atoms with E-state index in [0.29, 0.717) is 0 Å². The van der Waals surface area contributed by atoms with Crippen LogP contribution >= 0.6 is 11.8 Å². The first-order valence-electron chi connectivity index (χ1n) is 4.89. The molecule has 0 atom stereocenters. The minimum absolute atomic E-state index is 0.733. The highest BCUT2D eigenvalue weighted by Gasteiger charge is 2.12. The highest BCUT2D eigenvalue weighted by atomic mass is 32.2. The van der Waals surface area contributed by atoms with Crippen LogP contribution in [0.15, 0.2) is 40.1 Å². The molecule has 0 aromatic carbocycles. The molecule has 0 aliphatic rings. The Morgan fingerprint density at radius 2 is 2.38 bits per heavy atom. The van der Waals surface area contributed by atoms with Gasteiger partial charge in [0.2, 0.25) is 0 Å². The lowest BCUT2D eigenvalue weighted by Gasteiger charge is -2.01. The van der Waals surface area contributed by atoms with Gasteiger partial charge in [-0.25, -0.2) is 0 Å². The summed E-state index contributed by atoms with van der Waals surface area (Å²) in [5.74, 6) is 2.33. The molecule has 2 rings (SSSR count). The van der Waals surface area contributed by atoms with Crippen molar-refractivity contribution in [3.63, 3.8) is 0 Å². The normalized spacial score (nSPS) is 10.6. The lowest BCUT2D eigenvalue weighted by atomic mass is 10.4. The predicted octanol–water partition coefficient (Wildman–Crippen LogP) is 2.74. The van der Waals surface area contributed by atoms with E-state index < -0.39 is 0 Å². The van der Waals surface area contributed by atoms with Crippen molar-refractivity contribution in [1.82, 2.24) is 14.8 Å². The number of nitrogens with zero attached hydrogens (tertiary/aromatic N) is 3. The Morgan fingerprint density at radius 3 is 3.00 bits per heavy atom. The van der Waals surface area contributed by atoms with Crippen molar-refractivity contribution in [2.45, 2.75) is 12.1 Å². The summed E-state index contributed by atoms with van der Waals surface area (Å²) >= 11 is 1.62. The molecule has 2 heterocycles. The zero-order chi connectivity index (χ0) is 11.5. The molecule has 0 fully saturated rings. The highest BCUT2D eigenvalue weighted by molar-refractivity contribution is 7.99. The molecule has 4 nitrogen and oxygen atoms in total. The van der Waals surface area contributed by atoms with Crippen LogP contribution in [0.2, 0.25) is 0 Å². The van der Waals surface area contributed by atoms with Crippen LogP contribution < -0.4 is 0 Å². The summed E-state index contributed by atoms with van der Waals surface area (Å²) in [5, 5.41) is 9.09. The van der Waals surface area contributed by atoms with E-state index in [-0.39, 0.29) is 0 Å². The minimum Gasteiger partial charge on any atom is -0.461 e. The van der Waals surface area contributed by atoms with Crippen LogP contribution in [-0.2, 0) is 7.05 Å². The summed E-state index contributed by atoms with van der Waals surface area (Å²) in [6, 6.07) is 3.71. The Hall–Kier alpha value is -1.49. The van der Waals surface area contributed by atoms with Gasteiger partial charge in [0.15, 0.2) is 16.7 Å². The third kappa shape index (κ3) is 2.19. The van der Waals surface area contributed by atoms with E-state index >= 15 is 0 Å². The molecule has 0 spiro atoms. The molecule has 0 radical (unpaired) electrons. The lowest BCUT2D eigenvalue weighted by Crippen LogP contribution is -1.94. The van der Waals surface area contributed by atoms with E-state index in [1.54, 1.807) is 18.0 Å². The molecule has 84 valence electrons. The standard InChI is InChI=1S/C11H13N3OS/c1-8(2)7-16-11-13-12-10(14(11)3)9-5-4-6-15-9/h4-6H,1,7H2,2-3H3. The monoisotopic (exact) mass is 235 g/mol. The van der Waals surface area contributed by atoms with Crippen LogP contribution in [0.3, 0.4) is 0 Å². The summed E-state index contributed by atoms with van der Waals surface area (Å²) in [6.45, 7) is 5.86. The number of aromatic nitrogens is 3. The molecule has 0 amide bonds. The van der Waals surface area contributed by atoms with Crippen LogP contribution in [0, 0.1) is 0 Å². The molecule has 2 aromatic heterocycles. The van der Waals surface area contributed by atoms with Gasteiger partial charge >= 0.3 is 0 Å². The lowest BCUT2D eigenvalue weighted by molar-refractivity contribution is 0.572. The number of hydrogen-bond acceptors (Lipinski definition) is 4. The maximum atomic E-state index is 5.29. The fraction of sp³-hybridized carbons (Fsp3) is 0.273.